The van der Waals surface area contributed by atoms with Crippen molar-refractivity contribution in [3.63, 3.8) is 0 Å². The Morgan fingerprint density at radius 2 is 2.08 bits per heavy atom. The molecule has 2 aliphatic rings. The minimum Gasteiger partial charge on any atom is -0.356 e. The molecule has 3 aromatic heterocycles. The van der Waals surface area contributed by atoms with Crippen molar-refractivity contribution in [3.05, 3.63) is 53.7 Å². The first-order chi connectivity index (χ1) is 17.1. The van der Waals surface area contributed by atoms with Gasteiger partial charge in [0.15, 0.2) is 0 Å². The number of nitrogens with one attached hydrogen (secondary N) is 3. The first-order valence-corrected chi connectivity index (χ1v) is 12.0. The zero-order valence-electron chi connectivity index (χ0n) is 20.1. The van der Waals surface area contributed by atoms with Gasteiger partial charge in [0.2, 0.25) is 5.95 Å². The average molecular weight is 500 g/mol. The van der Waals surface area contributed by atoms with Crippen LogP contribution in [0.5, 0.6) is 0 Å². The average Bonchev–Trinajstić information content (AvgIpc) is 3.19. The van der Waals surface area contributed by atoms with E-state index >= 15 is 0 Å². The van der Waals surface area contributed by atoms with E-state index in [1.165, 1.54) is 6.20 Å². The van der Waals surface area contributed by atoms with Gasteiger partial charge in [0.05, 0.1) is 17.6 Å². The van der Waals surface area contributed by atoms with E-state index < -0.39 is 11.7 Å². The number of hydrogen-bond acceptors (Lipinski definition) is 6. The van der Waals surface area contributed by atoms with Crippen molar-refractivity contribution in [2.75, 3.05) is 23.3 Å². The van der Waals surface area contributed by atoms with Crippen molar-refractivity contribution in [2.45, 2.75) is 57.3 Å². The summed E-state index contributed by atoms with van der Waals surface area (Å²) < 4.78 is 42.0. The van der Waals surface area contributed by atoms with Crippen LogP contribution in [0, 0.1) is 0 Å². The number of pyridine rings is 1. The Morgan fingerprint density at radius 1 is 1.25 bits per heavy atom. The first-order valence-electron chi connectivity index (χ1n) is 12.0. The maximum Gasteiger partial charge on any atom is 0.419 e. The fraction of sp³-hybridized carbons (Fsp3) is 0.440. The molecule has 11 heteroatoms. The highest BCUT2D eigenvalue weighted by molar-refractivity contribution is 6.07. The summed E-state index contributed by atoms with van der Waals surface area (Å²) in [5.41, 5.74) is 0.563. The number of carbonyl (C=O) groups is 1. The molecule has 2 aliphatic heterocycles. The molecule has 1 amide bonds. The molecule has 36 heavy (non-hydrogen) atoms. The van der Waals surface area contributed by atoms with Crippen molar-refractivity contribution >= 4 is 17.5 Å². The van der Waals surface area contributed by atoms with Crippen LogP contribution in [-0.4, -0.2) is 50.5 Å². The van der Waals surface area contributed by atoms with Crippen LogP contribution in [0.4, 0.5) is 24.8 Å². The fourth-order valence-electron chi connectivity index (χ4n) is 4.82. The molecule has 0 bridgehead atoms. The lowest BCUT2D eigenvalue weighted by Crippen LogP contribution is -2.50. The van der Waals surface area contributed by atoms with Gasteiger partial charge in [0, 0.05) is 48.8 Å². The highest BCUT2D eigenvalue weighted by Gasteiger charge is 2.38. The topological polar surface area (TPSA) is 98.8 Å². The maximum absolute atomic E-state index is 14.0. The van der Waals surface area contributed by atoms with Crippen molar-refractivity contribution < 1.29 is 18.0 Å². The van der Waals surface area contributed by atoms with Crippen LogP contribution < -0.4 is 15.5 Å². The third kappa shape index (κ3) is 4.79. The molecular weight excluding hydrogens is 471 g/mol. The van der Waals surface area contributed by atoms with Crippen molar-refractivity contribution in [3.8, 4) is 11.3 Å². The Kier molecular flexibility index (Phi) is 6.19. The summed E-state index contributed by atoms with van der Waals surface area (Å²) >= 11 is 0. The molecule has 1 fully saturated rings. The third-order valence-corrected chi connectivity index (χ3v) is 6.84. The first kappa shape index (κ1) is 24.2. The van der Waals surface area contributed by atoms with E-state index in [4.69, 9.17) is 0 Å². The Balaban J connectivity index is 1.50. The van der Waals surface area contributed by atoms with Crippen LogP contribution in [-0.2, 0) is 12.6 Å². The highest BCUT2D eigenvalue weighted by atomic mass is 19.4. The van der Waals surface area contributed by atoms with E-state index in [-0.39, 0.29) is 40.4 Å². The summed E-state index contributed by atoms with van der Waals surface area (Å²) in [4.78, 5) is 30.3. The number of halogens is 3. The number of alkyl halides is 3. The summed E-state index contributed by atoms with van der Waals surface area (Å²) in [5, 5.41) is 6.61. The number of carbonyl (C=O) groups excluding carboxylic acids is 1. The zero-order chi connectivity index (χ0) is 25.5. The van der Waals surface area contributed by atoms with Crippen molar-refractivity contribution in [1.82, 2.24) is 25.3 Å². The van der Waals surface area contributed by atoms with E-state index in [1.807, 2.05) is 0 Å². The normalized spacial score (nSPS) is 20.1. The predicted octanol–water partition coefficient (Wildman–Crippen LogP) is 4.42. The van der Waals surface area contributed by atoms with Crippen LogP contribution in [0.15, 0.2) is 36.9 Å². The molecule has 0 radical (unpaired) electrons. The standard InChI is InChI=1S/C25H28F3N7O/c1-24(2)8-7-15(11-32-24)33-23-31-14-19(25(26,27)28)20(34-23)18-13-30-21-17(18)6-4-10-35(22(21)36)16-5-3-9-29-12-16/h3,5,9,12-15,30,32H,4,6-8,10-11H2,1-2H3,(H,31,33,34). The van der Waals surface area contributed by atoms with Gasteiger partial charge in [-0.3, -0.25) is 9.78 Å². The van der Waals surface area contributed by atoms with Crippen molar-refractivity contribution in [2.24, 2.45) is 0 Å². The maximum atomic E-state index is 14.0. The number of amides is 1. The molecule has 3 N–H and O–H groups in total. The Labute approximate surface area is 206 Å². The molecular formula is C25H28F3N7O. The van der Waals surface area contributed by atoms with Crippen LogP contribution in [0.1, 0.15) is 54.7 Å². The largest absolute Gasteiger partial charge is 0.419 e. The molecule has 0 aromatic carbocycles. The summed E-state index contributed by atoms with van der Waals surface area (Å²) in [6.45, 7) is 5.32. The predicted molar refractivity (Wildman–Crippen MR) is 130 cm³/mol. The molecule has 0 spiro atoms. The molecule has 3 aromatic rings. The number of fused-ring (bicyclic) bond motifs is 1. The van der Waals surface area contributed by atoms with Gasteiger partial charge < -0.3 is 20.5 Å². The van der Waals surface area contributed by atoms with Crippen LogP contribution in [0.2, 0.25) is 0 Å². The van der Waals surface area contributed by atoms with Crippen LogP contribution in [0.25, 0.3) is 11.3 Å². The van der Waals surface area contributed by atoms with Crippen LogP contribution in [0.3, 0.4) is 0 Å². The second-order valence-electron chi connectivity index (χ2n) is 9.93. The number of nitrogens with zero attached hydrogens (tertiary/aromatic N) is 4. The molecule has 0 saturated carbocycles. The van der Waals surface area contributed by atoms with E-state index in [2.05, 4.69) is 44.4 Å². The number of hydrogen-bond donors (Lipinski definition) is 3. The Hall–Kier alpha value is -3.47. The molecule has 5 rings (SSSR count). The van der Waals surface area contributed by atoms with Crippen molar-refractivity contribution in [1.29, 1.82) is 0 Å². The van der Waals surface area contributed by atoms with Gasteiger partial charge in [-0.15, -0.1) is 0 Å². The van der Waals surface area contributed by atoms with E-state index in [9.17, 15) is 18.0 Å². The minimum atomic E-state index is -4.65. The molecule has 1 saturated heterocycles. The molecule has 1 atom stereocenters. The summed E-state index contributed by atoms with van der Waals surface area (Å²) in [7, 11) is 0. The molecule has 190 valence electrons. The lowest BCUT2D eigenvalue weighted by molar-refractivity contribution is -0.137. The number of aromatic amines is 1. The zero-order valence-corrected chi connectivity index (χ0v) is 20.1. The Bertz CT molecular complexity index is 1250. The van der Waals surface area contributed by atoms with Gasteiger partial charge in [-0.2, -0.15) is 13.2 Å². The van der Waals surface area contributed by atoms with Crippen LogP contribution >= 0.6 is 0 Å². The number of anilines is 2. The van der Waals surface area contributed by atoms with Gasteiger partial charge >= 0.3 is 6.18 Å². The van der Waals surface area contributed by atoms with Gasteiger partial charge in [-0.25, -0.2) is 9.97 Å². The van der Waals surface area contributed by atoms with E-state index in [0.717, 1.165) is 19.0 Å². The molecule has 0 aliphatic carbocycles. The van der Waals surface area contributed by atoms with Gasteiger partial charge in [0.25, 0.3) is 5.91 Å². The van der Waals surface area contributed by atoms with Gasteiger partial charge in [-0.1, -0.05) is 0 Å². The summed E-state index contributed by atoms with van der Waals surface area (Å²) in [6.07, 6.45) is 3.61. The number of aromatic nitrogens is 4. The van der Waals surface area contributed by atoms with E-state index in [1.54, 1.807) is 29.4 Å². The van der Waals surface area contributed by atoms with Gasteiger partial charge in [-0.05, 0) is 57.2 Å². The number of H-pyrrole nitrogens is 1. The third-order valence-electron chi connectivity index (χ3n) is 6.84. The van der Waals surface area contributed by atoms with E-state index in [0.29, 0.717) is 37.2 Å². The Morgan fingerprint density at radius 3 is 2.78 bits per heavy atom. The lowest BCUT2D eigenvalue weighted by atomic mass is 9.91. The monoisotopic (exact) mass is 499 g/mol. The number of rotatable bonds is 4. The minimum absolute atomic E-state index is 0.000527. The molecule has 5 heterocycles. The highest BCUT2D eigenvalue weighted by Crippen LogP contribution is 2.39. The summed E-state index contributed by atoms with van der Waals surface area (Å²) in [6, 6.07) is 3.52. The molecule has 1 unspecified atom stereocenters. The second kappa shape index (κ2) is 9.20. The lowest BCUT2D eigenvalue weighted by Gasteiger charge is -2.36. The number of piperidine rings is 1. The SMILES string of the molecule is CC1(C)CCC(Nc2ncc(C(F)(F)F)c(-c3c[nH]c4c3CCCN(c3cccnc3)C4=O)n2)CN1. The smallest absolute Gasteiger partial charge is 0.356 e. The van der Waals surface area contributed by atoms with Gasteiger partial charge in [0.1, 0.15) is 11.3 Å². The summed E-state index contributed by atoms with van der Waals surface area (Å²) in [5.74, 6) is -0.171. The quantitative estimate of drug-likeness (QED) is 0.492. The second-order valence-corrected chi connectivity index (χ2v) is 9.93. The molecule has 8 nitrogen and oxygen atoms in total. The fourth-order valence-corrected chi connectivity index (χ4v) is 4.82.